The molecule has 0 spiro atoms. The van der Waals surface area contributed by atoms with Crippen LogP contribution < -0.4 is 0 Å². The first kappa shape index (κ1) is 17.1. The van der Waals surface area contributed by atoms with Crippen LogP contribution in [0.2, 0.25) is 0 Å². The average Bonchev–Trinajstić information content (AvgIpc) is 2.43. The molecule has 0 aromatic heterocycles. The molecule has 1 aliphatic heterocycles. The topological polar surface area (TPSA) is 83.5 Å². The van der Waals surface area contributed by atoms with Crippen molar-refractivity contribution in [2.45, 2.75) is 37.6 Å². The van der Waals surface area contributed by atoms with Crippen LogP contribution in [0, 0.1) is 0 Å². The van der Waals surface area contributed by atoms with Crippen LogP contribution in [0.1, 0.15) is 6.92 Å². The quantitative estimate of drug-likeness (QED) is 0.539. The number of methoxy groups -OCH3 is 3. The lowest BCUT2D eigenvalue weighted by Gasteiger charge is -2.42. The Labute approximate surface area is 118 Å². The highest BCUT2D eigenvalue weighted by Gasteiger charge is 2.48. The number of aliphatic hydroxyl groups excluding tert-OH is 1. The van der Waals surface area contributed by atoms with E-state index in [0.29, 0.717) is 0 Å². The zero-order valence-corrected chi connectivity index (χ0v) is 12.1. The first-order valence-corrected chi connectivity index (χ1v) is 6.30. The van der Waals surface area contributed by atoms with Crippen molar-refractivity contribution in [2.75, 3.05) is 27.9 Å². The SMILES string of the molecule is C/C=C/C(=O)O[C@H]1[C@@H](O)[C@@H](COC)O[C@H](OC)[C@@H]1OC. The van der Waals surface area contributed by atoms with Gasteiger partial charge in [-0.05, 0) is 6.92 Å². The van der Waals surface area contributed by atoms with E-state index < -0.39 is 36.7 Å². The highest BCUT2D eigenvalue weighted by Crippen LogP contribution is 2.26. The van der Waals surface area contributed by atoms with Crippen LogP contribution in [-0.2, 0) is 28.5 Å². The van der Waals surface area contributed by atoms with Gasteiger partial charge in [-0.1, -0.05) is 6.08 Å². The first-order valence-electron chi connectivity index (χ1n) is 6.30. The summed E-state index contributed by atoms with van der Waals surface area (Å²) in [7, 11) is 4.37. The maximum Gasteiger partial charge on any atom is 0.330 e. The molecular formula is C13H22O7. The number of carbonyl (C=O) groups is 1. The molecule has 0 bridgehead atoms. The molecule has 0 aromatic rings. The van der Waals surface area contributed by atoms with Crippen molar-refractivity contribution in [3.63, 3.8) is 0 Å². The summed E-state index contributed by atoms with van der Waals surface area (Å²) >= 11 is 0. The van der Waals surface area contributed by atoms with E-state index in [2.05, 4.69) is 0 Å². The fourth-order valence-electron chi connectivity index (χ4n) is 2.07. The molecule has 116 valence electrons. The molecule has 0 aromatic carbocycles. The van der Waals surface area contributed by atoms with E-state index in [1.54, 1.807) is 13.0 Å². The Bertz CT molecular complexity index is 331. The molecule has 0 amide bonds. The number of esters is 1. The van der Waals surface area contributed by atoms with Gasteiger partial charge in [0.2, 0.25) is 0 Å². The van der Waals surface area contributed by atoms with Gasteiger partial charge in [0.05, 0.1) is 6.61 Å². The number of hydrogen-bond acceptors (Lipinski definition) is 7. The number of ether oxygens (including phenoxy) is 5. The molecule has 1 heterocycles. The van der Waals surface area contributed by atoms with E-state index in [-0.39, 0.29) is 6.61 Å². The highest BCUT2D eigenvalue weighted by molar-refractivity contribution is 5.82. The van der Waals surface area contributed by atoms with E-state index in [4.69, 9.17) is 23.7 Å². The molecule has 0 aliphatic carbocycles. The molecule has 1 rings (SSSR count). The highest BCUT2D eigenvalue weighted by atomic mass is 16.7. The Morgan fingerprint density at radius 3 is 2.45 bits per heavy atom. The van der Waals surface area contributed by atoms with E-state index in [1.165, 1.54) is 27.4 Å². The standard InChI is InChI=1S/C13H22O7/c1-5-6-9(14)20-11-10(15)8(7-16-2)19-13(18-4)12(11)17-3/h5-6,8,10-13,15H,7H2,1-4H3/b6-5+/t8-,10+,11+,12-,13+/m1/s1. The minimum absolute atomic E-state index is 0.148. The van der Waals surface area contributed by atoms with Gasteiger partial charge in [0.1, 0.15) is 18.3 Å². The van der Waals surface area contributed by atoms with Crippen LogP contribution in [0.5, 0.6) is 0 Å². The van der Waals surface area contributed by atoms with E-state index >= 15 is 0 Å². The van der Waals surface area contributed by atoms with Crippen LogP contribution in [0.25, 0.3) is 0 Å². The third-order valence-corrected chi connectivity index (χ3v) is 3.01. The molecule has 0 radical (unpaired) electrons. The van der Waals surface area contributed by atoms with Crippen LogP contribution in [-0.4, -0.2) is 69.7 Å². The monoisotopic (exact) mass is 290 g/mol. The number of allylic oxidation sites excluding steroid dienone is 1. The zero-order chi connectivity index (χ0) is 15.1. The fourth-order valence-corrected chi connectivity index (χ4v) is 2.07. The van der Waals surface area contributed by atoms with Crippen LogP contribution in [0.3, 0.4) is 0 Å². The fraction of sp³-hybridized carbons (Fsp3) is 0.769. The molecule has 1 N–H and O–H groups in total. The predicted octanol–water partition coefficient (Wildman–Crippen LogP) is -0.132. The summed E-state index contributed by atoms with van der Waals surface area (Å²) in [4.78, 5) is 11.6. The second kappa shape index (κ2) is 8.33. The van der Waals surface area contributed by atoms with E-state index in [1.807, 2.05) is 0 Å². The molecule has 0 saturated carbocycles. The predicted molar refractivity (Wildman–Crippen MR) is 69.0 cm³/mol. The second-order valence-electron chi connectivity index (χ2n) is 4.33. The van der Waals surface area contributed by atoms with Crippen molar-refractivity contribution >= 4 is 5.97 Å². The second-order valence-corrected chi connectivity index (χ2v) is 4.33. The number of rotatable bonds is 6. The Balaban J connectivity index is 2.89. The molecule has 5 atom stereocenters. The maximum atomic E-state index is 11.6. The largest absolute Gasteiger partial charge is 0.453 e. The lowest BCUT2D eigenvalue weighted by atomic mass is 9.98. The first-order chi connectivity index (χ1) is 9.58. The van der Waals surface area contributed by atoms with Crippen molar-refractivity contribution < 1.29 is 33.6 Å². The summed E-state index contributed by atoms with van der Waals surface area (Å²) in [6.45, 7) is 1.84. The number of hydrogen-bond donors (Lipinski definition) is 1. The molecule has 1 fully saturated rings. The lowest BCUT2D eigenvalue weighted by molar-refractivity contribution is -0.302. The normalized spacial score (nSPS) is 34.4. The molecule has 7 heteroatoms. The summed E-state index contributed by atoms with van der Waals surface area (Å²) in [5.74, 6) is -0.563. The minimum Gasteiger partial charge on any atom is -0.453 e. The summed E-state index contributed by atoms with van der Waals surface area (Å²) in [5, 5.41) is 10.2. The lowest BCUT2D eigenvalue weighted by Crippen LogP contribution is -2.61. The van der Waals surface area contributed by atoms with Gasteiger partial charge in [-0.25, -0.2) is 4.79 Å². The Morgan fingerprint density at radius 1 is 1.25 bits per heavy atom. The summed E-state index contributed by atoms with van der Waals surface area (Å²) < 4.78 is 26.1. The third-order valence-electron chi connectivity index (χ3n) is 3.01. The van der Waals surface area contributed by atoms with Gasteiger partial charge < -0.3 is 28.8 Å². The molecule has 20 heavy (non-hydrogen) atoms. The van der Waals surface area contributed by atoms with Gasteiger partial charge in [0.25, 0.3) is 0 Å². The van der Waals surface area contributed by atoms with Crippen LogP contribution in [0.15, 0.2) is 12.2 Å². The maximum absolute atomic E-state index is 11.6. The van der Waals surface area contributed by atoms with Gasteiger partial charge in [-0.15, -0.1) is 0 Å². The van der Waals surface area contributed by atoms with E-state index in [9.17, 15) is 9.90 Å². The zero-order valence-electron chi connectivity index (χ0n) is 12.1. The van der Waals surface area contributed by atoms with Gasteiger partial charge >= 0.3 is 5.97 Å². The summed E-state index contributed by atoms with van der Waals surface area (Å²) in [6, 6.07) is 0. The molecular weight excluding hydrogens is 268 g/mol. The summed E-state index contributed by atoms with van der Waals surface area (Å²) in [5.41, 5.74) is 0. The average molecular weight is 290 g/mol. The number of aliphatic hydroxyl groups is 1. The molecule has 7 nitrogen and oxygen atoms in total. The van der Waals surface area contributed by atoms with Crippen molar-refractivity contribution in [1.82, 2.24) is 0 Å². The van der Waals surface area contributed by atoms with E-state index in [0.717, 1.165) is 0 Å². The third kappa shape index (κ3) is 4.00. The smallest absolute Gasteiger partial charge is 0.330 e. The van der Waals surface area contributed by atoms with Crippen LogP contribution >= 0.6 is 0 Å². The summed E-state index contributed by atoms with van der Waals surface area (Å²) in [6.07, 6.45) is -1.30. The van der Waals surface area contributed by atoms with Crippen LogP contribution in [0.4, 0.5) is 0 Å². The van der Waals surface area contributed by atoms with Gasteiger partial charge in [-0.2, -0.15) is 0 Å². The molecule has 1 aliphatic rings. The molecule has 0 unspecified atom stereocenters. The Morgan fingerprint density at radius 2 is 1.95 bits per heavy atom. The van der Waals surface area contributed by atoms with Gasteiger partial charge in [0.15, 0.2) is 12.4 Å². The van der Waals surface area contributed by atoms with Crippen molar-refractivity contribution in [2.24, 2.45) is 0 Å². The van der Waals surface area contributed by atoms with Gasteiger partial charge in [-0.3, -0.25) is 0 Å². The number of carbonyl (C=O) groups excluding carboxylic acids is 1. The molecule has 1 saturated heterocycles. The van der Waals surface area contributed by atoms with Gasteiger partial charge in [0, 0.05) is 27.4 Å². The van der Waals surface area contributed by atoms with Crippen molar-refractivity contribution in [1.29, 1.82) is 0 Å². The van der Waals surface area contributed by atoms with Crippen molar-refractivity contribution in [3.8, 4) is 0 Å². The Hall–Kier alpha value is -0.990. The van der Waals surface area contributed by atoms with Crippen molar-refractivity contribution in [3.05, 3.63) is 12.2 Å². The Kier molecular flexibility index (Phi) is 7.11. The minimum atomic E-state index is -1.07.